The average Bonchev–Trinajstić information content (AvgIpc) is 2.73. The molecule has 2 radical (unpaired) electrons. The molecule has 0 saturated carbocycles. The fraction of sp³-hybridized carbons (Fsp3) is 0.733. The first-order valence-corrected chi connectivity index (χ1v) is 7.63. The lowest BCUT2D eigenvalue weighted by Gasteiger charge is -2.05. The molecule has 0 aliphatic rings. The number of unbranched alkanes of at least 4 members (excludes halogenated alkanes) is 8. The summed E-state index contributed by atoms with van der Waals surface area (Å²) >= 11 is 0. The van der Waals surface area contributed by atoms with Crippen molar-refractivity contribution >= 4 is 14.7 Å². The van der Waals surface area contributed by atoms with Gasteiger partial charge in [0.2, 0.25) is 0 Å². The third-order valence-electron chi connectivity index (χ3n) is 3.31. The highest BCUT2D eigenvalue weighted by atomic mass is 31.0. The molecule has 0 fully saturated rings. The van der Waals surface area contributed by atoms with Crippen molar-refractivity contribution in [2.75, 3.05) is 0 Å². The Balaban J connectivity index is 1.86. The summed E-state index contributed by atoms with van der Waals surface area (Å²) in [6, 6.07) is 4.12. The van der Waals surface area contributed by atoms with Crippen molar-refractivity contribution in [2.45, 2.75) is 71.3 Å². The quantitative estimate of drug-likeness (QED) is 0.405. The van der Waals surface area contributed by atoms with Crippen molar-refractivity contribution in [1.82, 2.24) is 4.57 Å². The van der Waals surface area contributed by atoms with Gasteiger partial charge in [0, 0.05) is 22.0 Å². The molecule has 0 N–H and O–H groups in total. The number of aryl methyl sites for hydroxylation is 1. The summed E-state index contributed by atoms with van der Waals surface area (Å²) in [4.78, 5) is 0. The second-order valence-electron chi connectivity index (χ2n) is 4.89. The Bertz CT molecular complexity index is 280. The molecule has 0 bridgehead atoms. The van der Waals surface area contributed by atoms with Gasteiger partial charge in [0.05, 0.1) is 5.44 Å². The Morgan fingerprint density at radius 3 is 2.06 bits per heavy atom. The smallest absolute Gasteiger partial charge is 0.0513 e. The Hall–Kier alpha value is -0.290. The van der Waals surface area contributed by atoms with E-state index in [-0.39, 0.29) is 0 Å². The maximum absolute atomic E-state index is 4.40. The molecule has 0 amide bonds. The first kappa shape index (κ1) is 14.8. The lowest BCUT2D eigenvalue weighted by molar-refractivity contribution is 0.542. The number of nitrogens with zero attached hydrogens (tertiary/aromatic N) is 1. The molecule has 1 aromatic rings. The predicted octanol–water partition coefficient (Wildman–Crippen LogP) is 5.05. The highest BCUT2D eigenvalue weighted by Crippen LogP contribution is 2.10. The van der Waals surface area contributed by atoms with Gasteiger partial charge in [-0.15, -0.1) is 0 Å². The molecule has 0 aliphatic carbocycles. The Morgan fingerprint density at radius 1 is 0.941 bits per heavy atom. The summed E-state index contributed by atoms with van der Waals surface area (Å²) in [7, 11) is 4.40. The van der Waals surface area contributed by atoms with Crippen LogP contribution in [0.5, 0.6) is 0 Å². The van der Waals surface area contributed by atoms with Crippen LogP contribution in [0.1, 0.15) is 64.7 Å². The molecule has 0 aliphatic heterocycles. The Morgan fingerprint density at radius 2 is 1.53 bits per heavy atom. The largest absolute Gasteiger partial charge is 0.347 e. The summed E-state index contributed by atoms with van der Waals surface area (Å²) in [5.74, 6) is 0. The van der Waals surface area contributed by atoms with Crippen LogP contribution in [0.2, 0.25) is 0 Å². The maximum Gasteiger partial charge on any atom is 0.0513 e. The van der Waals surface area contributed by atoms with Gasteiger partial charge in [0.25, 0.3) is 0 Å². The van der Waals surface area contributed by atoms with E-state index in [0.29, 0.717) is 0 Å². The maximum atomic E-state index is 4.40. The minimum atomic E-state index is 1.09. The number of hydrogen-bond acceptors (Lipinski definition) is 0. The minimum Gasteiger partial charge on any atom is -0.347 e. The van der Waals surface area contributed by atoms with Crippen molar-refractivity contribution < 1.29 is 0 Å². The van der Waals surface area contributed by atoms with Crippen molar-refractivity contribution in [3.8, 4) is 0 Å². The standard InChI is InChI=1S/C15H26NP/c1-2-3-4-5-6-7-8-9-10-13-16-14-11-12-15(16)17/h11-12,14H,2-10,13H2,1H3. The highest BCUT2D eigenvalue weighted by Gasteiger charge is 1.96. The fourth-order valence-corrected chi connectivity index (χ4v) is 2.44. The molecule has 0 aromatic carbocycles. The Kier molecular flexibility index (Phi) is 8.44. The number of rotatable bonds is 10. The molecule has 1 nitrogen and oxygen atoms in total. The van der Waals surface area contributed by atoms with Gasteiger partial charge >= 0.3 is 0 Å². The van der Waals surface area contributed by atoms with Gasteiger partial charge in [-0.25, -0.2) is 0 Å². The zero-order valence-corrected chi connectivity index (χ0v) is 12.1. The van der Waals surface area contributed by atoms with E-state index in [9.17, 15) is 0 Å². The van der Waals surface area contributed by atoms with Crippen LogP contribution in [0, 0.1) is 0 Å². The van der Waals surface area contributed by atoms with Gasteiger partial charge < -0.3 is 4.57 Å². The number of hydrogen-bond donors (Lipinski definition) is 0. The van der Waals surface area contributed by atoms with Gasteiger partial charge in [-0.05, 0) is 18.6 Å². The van der Waals surface area contributed by atoms with Crippen LogP contribution in [0.25, 0.3) is 0 Å². The summed E-state index contributed by atoms with van der Waals surface area (Å²) in [6.45, 7) is 3.40. The van der Waals surface area contributed by atoms with Crippen LogP contribution in [0.3, 0.4) is 0 Å². The van der Waals surface area contributed by atoms with Crippen LogP contribution >= 0.6 is 9.24 Å². The van der Waals surface area contributed by atoms with Crippen LogP contribution in [-0.2, 0) is 6.54 Å². The van der Waals surface area contributed by atoms with Gasteiger partial charge in [-0.3, -0.25) is 0 Å². The van der Waals surface area contributed by atoms with Gasteiger partial charge in [0.15, 0.2) is 0 Å². The zero-order chi connectivity index (χ0) is 12.3. The molecule has 2 heteroatoms. The van der Waals surface area contributed by atoms with Crippen LogP contribution in [-0.4, -0.2) is 4.57 Å². The van der Waals surface area contributed by atoms with Crippen molar-refractivity contribution in [3.63, 3.8) is 0 Å². The van der Waals surface area contributed by atoms with Gasteiger partial charge in [-0.2, -0.15) is 0 Å². The summed E-state index contributed by atoms with van der Waals surface area (Å²) in [5, 5.41) is 0. The van der Waals surface area contributed by atoms with E-state index in [2.05, 4.69) is 39.1 Å². The first-order valence-electron chi connectivity index (χ1n) is 7.18. The normalized spacial score (nSPS) is 10.9. The highest BCUT2D eigenvalue weighted by molar-refractivity contribution is 7.27. The van der Waals surface area contributed by atoms with Gasteiger partial charge in [0.1, 0.15) is 0 Å². The summed E-state index contributed by atoms with van der Waals surface area (Å²) in [5.41, 5.74) is 1.09. The first-order chi connectivity index (χ1) is 8.34. The SMILES string of the molecule is CCCCCCCCCCCn1cccc1[P]. The van der Waals surface area contributed by atoms with Crippen LogP contribution < -0.4 is 5.44 Å². The third-order valence-corrected chi connectivity index (χ3v) is 3.71. The molecule has 17 heavy (non-hydrogen) atoms. The summed E-state index contributed by atoms with van der Waals surface area (Å²) in [6.07, 6.45) is 14.7. The average molecular weight is 251 g/mol. The van der Waals surface area contributed by atoms with E-state index in [4.69, 9.17) is 0 Å². The molecule has 0 atom stereocenters. The van der Waals surface area contributed by atoms with Crippen molar-refractivity contribution in [2.24, 2.45) is 0 Å². The molecule has 96 valence electrons. The predicted molar refractivity (Wildman–Crippen MR) is 78.2 cm³/mol. The van der Waals surface area contributed by atoms with E-state index in [0.717, 1.165) is 12.0 Å². The fourth-order valence-electron chi connectivity index (χ4n) is 2.19. The molecular formula is C15H26NP. The molecule has 0 saturated heterocycles. The third kappa shape index (κ3) is 6.88. The molecular weight excluding hydrogens is 225 g/mol. The second-order valence-corrected chi connectivity index (χ2v) is 5.35. The molecule has 0 unspecified atom stereocenters. The van der Waals surface area contributed by atoms with Crippen LogP contribution in [0.15, 0.2) is 18.3 Å². The van der Waals surface area contributed by atoms with E-state index in [1.54, 1.807) is 0 Å². The Labute approximate surface area is 109 Å². The monoisotopic (exact) mass is 251 g/mol. The van der Waals surface area contributed by atoms with E-state index < -0.39 is 0 Å². The zero-order valence-electron chi connectivity index (χ0n) is 11.2. The van der Waals surface area contributed by atoms with Crippen molar-refractivity contribution in [3.05, 3.63) is 18.3 Å². The van der Waals surface area contributed by atoms with E-state index >= 15 is 0 Å². The van der Waals surface area contributed by atoms with Gasteiger partial charge in [-0.1, -0.05) is 58.3 Å². The minimum absolute atomic E-state index is 1.09. The second kappa shape index (κ2) is 9.71. The van der Waals surface area contributed by atoms with E-state index in [1.807, 2.05) is 0 Å². The number of aromatic nitrogens is 1. The van der Waals surface area contributed by atoms with E-state index in [1.165, 1.54) is 57.8 Å². The topological polar surface area (TPSA) is 4.93 Å². The molecule has 1 heterocycles. The lowest BCUT2D eigenvalue weighted by Crippen LogP contribution is -2.08. The lowest BCUT2D eigenvalue weighted by atomic mass is 10.1. The molecule has 1 aromatic heterocycles. The van der Waals surface area contributed by atoms with Crippen LogP contribution in [0.4, 0.5) is 0 Å². The van der Waals surface area contributed by atoms with Crippen molar-refractivity contribution in [1.29, 1.82) is 0 Å². The molecule has 0 spiro atoms. The summed E-state index contributed by atoms with van der Waals surface area (Å²) < 4.78 is 2.23. The molecule has 1 rings (SSSR count).